The molecule has 0 aromatic carbocycles. The van der Waals surface area contributed by atoms with Crippen molar-refractivity contribution in [2.75, 3.05) is 19.8 Å². The van der Waals surface area contributed by atoms with Gasteiger partial charge in [-0.25, -0.2) is 0 Å². The molecule has 0 saturated carbocycles. The molecule has 1 rings (SSSR count). The molecule has 0 aromatic heterocycles. The minimum absolute atomic E-state index is 0.0688. The third-order valence-electron chi connectivity index (χ3n) is 3.00. The average Bonchev–Trinajstić information content (AvgIpc) is 2.64. The molecule has 0 radical (unpaired) electrons. The molecule has 0 aliphatic carbocycles. The zero-order valence-electron chi connectivity index (χ0n) is 10.4. The van der Waals surface area contributed by atoms with E-state index in [9.17, 15) is 15.3 Å². The first-order valence-corrected chi connectivity index (χ1v) is 6.40. The van der Waals surface area contributed by atoms with Crippen LogP contribution in [0.5, 0.6) is 0 Å². The first-order chi connectivity index (χ1) is 8.16. The SMILES string of the molecule is CCCCCCOCC(O)C1OC[C@@H](O)C1O. The molecule has 17 heavy (non-hydrogen) atoms. The topological polar surface area (TPSA) is 79.2 Å². The minimum atomic E-state index is -1.02. The summed E-state index contributed by atoms with van der Waals surface area (Å²) in [4.78, 5) is 0. The number of aliphatic hydroxyl groups excluding tert-OH is 3. The zero-order valence-corrected chi connectivity index (χ0v) is 10.4. The number of unbranched alkanes of at least 4 members (excludes halogenated alkanes) is 3. The minimum Gasteiger partial charge on any atom is -0.388 e. The summed E-state index contributed by atoms with van der Waals surface area (Å²) in [5.41, 5.74) is 0. The van der Waals surface area contributed by atoms with Crippen LogP contribution in [0.25, 0.3) is 0 Å². The Balaban J connectivity index is 2.07. The molecule has 4 atom stereocenters. The van der Waals surface area contributed by atoms with Crippen molar-refractivity contribution in [1.29, 1.82) is 0 Å². The Labute approximate surface area is 102 Å². The maximum absolute atomic E-state index is 9.72. The Morgan fingerprint density at radius 2 is 2.06 bits per heavy atom. The molecule has 1 aliphatic heterocycles. The highest BCUT2D eigenvalue weighted by Gasteiger charge is 2.39. The van der Waals surface area contributed by atoms with Crippen LogP contribution in [0, 0.1) is 0 Å². The van der Waals surface area contributed by atoms with Crippen molar-refractivity contribution in [3.63, 3.8) is 0 Å². The summed E-state index contributed by atoms with van der Waals surface area (Å²) in [6, 6.07) is 0. The molecule has 0 spiro atoms. The van der Waals surface area contributed by atoms with E-state index in [0.29, 0.717) is 6.61 Å². The van der Waals surface area contributed by atoms with Gasteiger partial charge in [-0.1, -0.05) is 26.2 Å². The Morgan fingerprint density at radius 1 is 1.29 bits per heavy atom. The summed E-state index contributed by atoms with van der Waals surface area (Å²) in [6.45, 7) is 2.97. The molecule has 0 bridgehead atoms. The highest BCUT2D eigenvalue weighted by atomic mass is 16.5. The maximum Gasteiger partial charge on any atom is 0.114 e. The molecule has 1 aliphatic rings. The zero-order chi connectivity index (χ0) is 12.7. The molecule has 3 N–H and O–H groups in total. The predicted octanol–water partition coefficient (Wildman–Crippen LogP) is 0.0648. The quantitative estimate of drug-likeness (QED) is 0.530. The van der Waals surface area contributed by atoms with Crippen LogP contribution < -0.4 is 0 Å². The van der Waals surface area contributed by atoms with Gasteiger partial charge in [-0.15, -0.1) is 0 Å². The highest BCUT2D eigenvalue weighted by Crippen LogP contribution is 2.17. The number of aliphatic hydroxyl groups is 3. The molecule has 3 unspecified atom stereocenters. The molecule has 102 valence electrons. The Morgan fingerprint density at radius 3 is 2.65 bits per heavy atom. The number of rotatable bonds is 8. The molecule has 1 saturated heterocycles. The Hall–Kier alpha value is -0.200. The molecule has 0 amide bonds. The maximum atomic E-state index is 9.72. The Kier molecular flexibility index (Phi) is 6.99. The van der Waals surface area contributed by atoms with Crippen LogP contribution in [0.2, 0.25) is 0 Å². The van der Waals surface area contributed by atoms with E-state index < -0.39 is 24.4 Å². The van der Waals surface area contributed by atoms with Crippen molar-refractivity contribution in [1.82, 2.24) is 0 Å². The van der Waals surface area contributed by atoms with E-state index in [2.05, 4.69) is 6.92 Å². The van der Waals surface area contributed by atoms with Crippen molar-refractivity contribution in [2.24, 2.45) is 0 Å². The number of ether oxygens (including phenoxy) is 2. The summed E-state index contributed by atoms with van der Waals surface area (Å²) in [5.74, 6) is 0. The van der Waals surface area contributed by atoms with Crippen LogP contribution in [-0.2, 0) is 9.47 Å². The molecular formula is C12H24O5. The van der Waals surface area contributed by atoms with E-state index >= 15 is 0 Å². The lowest BCUT2D eigenvalue weighted by Gasteiger charge is -2.20. The van der Waals surface area contributed by atoms with Gasteiger partial charge in [0.25, 0.3) is 0 Å². The van der Waals surface area contributed by atoms with E-state index in [-0.39, 0.29) is 13.2 Å². The van der Waals surface area contributed by atoms with Gasteiger partial charge in [-0.05, 0) is 6.42 Å². The smallest absolute Gasteiger partial charge is 0.114 e. The fraction of sp³-hybridized carbons (Fsp3) is 1.00. The van der Waals surface area contributed by atoms with E-state index in [0.717, 1.165) is 12.8 Å². The summed E-state index contributed by atoms with van der Waals surface area (Å²) in [7, 11) is 0. The first kappa shape index (κ1) is 14.9. The van der Waals surface area contributed by atoms with Gasteiger partial charge in [0.05, 0.1) is 13.2 Å². The molecule has 5 heteroatoms. The summed E-state index contributed by atoms with van der Waals surface area (Å²) < 4.78 is 10.4. The second-order valence-electron chi connectivity index (χ2n) is 4.56. The van der Waals surface area contributed by atoms with Gasteiger partial charge in [0, 0.05) is 6.61 Å². The lowest BCUT2D eigenvalue weighted by atomic mass is 10.1. The normalized spacial score (nSPS) is 30.7. The van der Waals surface area contributed by atoms with Crippen molar-refractivity contribution >= 4 is 0 Å². The third-order valence-corrected chi connectivity index (χ3v) is 3.00. The van der Waals surface area contributed by atoms with Gasteiger partial charge in [0.2, 0.25) is 0 Å². The predicted molar refractivity (Wildman–Crippen MR) is 62.7 cm³/mol. The largest absolute Gasteiger partial charge is 0.388 e. The molecule has 1 heterocycles. The second-order valence-corrected chi connectivity index (χ2v) is 4.56. The molecule has 0 aromatic rings. The Bertz CT molecular complexity index is 199. The fourth-order valence-electron chi connectivity index (χ4n) is 1.89. The van der Waals surface area contributed by atoms with Crippen LogP contribution in [0.1, 0.15) is 32.6 Å². The van der Waals surface area contributed by atoms with Crippen LogP contribution in [0.15, 0.2) is 0 Å². The number of hydrogen-bond acceptors (Lipinski definition) is 5. The van der Waals surface area contributed by atoms with E-state index in [4.69, 9.17) is 9.47 Å². The molecule has 5 nitrogen and oxygen atoms in total. The van der Waals surface area contributed by atoms with E-state index in [1.165, 1.54) is 12.8 Å². The van der Waals surface area contributed by atoms with Crippen LogP contribution >= 0.6 is 0 Å². The molecule has 1 fully saturated rings. The number of hydrogen-bond donors (Lipinski definition) is 3. The highest BCUT2D eigenvalue weighted by molar-refractivity contribution is 4.87. The summed E-state index contributed by atoms with van der Waals surface area (Å²) >= 11 is 0. The van der Waals surface area contributed by atoms with Crippen molar-refractivity contribution in [3.05, 3.63) is 0 Å². The summed E-state index contributed by atoms with van der Waals surface area (Å²) in [6.07, 6.45) is 0.956. The third kappa shape index (κ3) is 4.89. The van der Waals surface area contributed by atoms with Crippen molar-refractivity contribution in [2.45, 2.75) is 57.0 Å². The second kappa shape index (κ2) is 8.00. The summed E-state index contributed by atoms with van der Waals surface area (Å²) in [5, 5.41) is 28.5. The standard InChI is InChI=1S/C12H24O5/c1-2-3-4-5-6-16-7-10(14)12-11(15)9(13)8-17-12/h9-15H,2-8H2,1H3/t9-,10?,11?,12?/m1/s1. The van der Waals surface area contributed by atoms with Crippen LogP contribution in [0.4, 0.5) is 0 Å². The van der Waals surface area contributed by atoms with Crippen molar-refractivity contribution < 1.29 is 24.8 Å². The first-order valence-electron chi connectivity index (χ1n) is 6.40. The van der Waals surface area contributed by atoms with E-state index in [1.54, 1.807) is 0 Å². The van der Waals surface area contributed by atoms with Gasteiger partial charge in [-0.3, -0.25) is 0 Å². The fourth-order valence-corrected chi connectivity index (χ4v) is 1.89. The van der Waals surface area contributed by atoms with Crippen LogP contribution in [-0.4, -0.2) is 59.6 Å². The lowest BCUT2D eigenvalue weighted by molar-refractivity contribution is -0.0813. The lowest BCUT2D eigenvalue weighted by Crippen LogP contribution is -2.40. The van der Waals surface area contributed by atoms with Gasteiger partial charge in [0.15, 0.2) is 0 Å². The van der Waals surface area contributed by atoms with Gasteiger partial charge in [0.1, 0.15) is 24.4 Å². The van der Waals surface area contributed by atoms with Crippen LogP contribution in [0.3, 0.4) is 0 Å². The van der Waals surface area contributed by atoms with Gasteiger partial charge < -0.3 is 24.8 Å². The van der Waals surface area contributed by atoms with Gasteiger partial charge in [-0.2, -0.15) is 0 Å². The molecular weight excluding hydrogens is 224 g/mol. The van der Waals surface area contributed by atoms with Gasteiger partial charge >= 0.3 is 0 Å². The average molecular weight is 248 g/mol. The van der Waals surface area contributed by atoms with E-state index in [1.807, 2.05) is 0 Å². The van der Waals surface area contributed by atoms with Crippen molar-refractivity contribution in [3.8, 4) is 0 Å². The monoisotopic (exact) mass is 248 g/mol.